The van der Waals surface area contributed by atoms with Crippen LogP contribution in [0.2, 0.25) is 0 Å². The monoisotopic (exact) mass is 377 g/mol. The van der Waals surface area contributed by atoms with Crippen molar-refractivity contribution in [1.29, 1.82) is 0 Å². The molecule has 5 nitrogen and oxygen atoms in total. The summed E-state index contributed by atoms with van der Waals surface area (Å²) in [4.78, 5) is 6.70. The second-order valence-electron chi connectivity index (χ2n) is 4.98. The van der Waals surface area contributed by atoms with Crippen molar-refractivity contribution in [3.05, 3.63) is 17.5 Å². The molecule has 0 aromatic carbocycles. The van der Waals surface area contributed by atoms with Crippen LogP contribution in [0.15, 0.2) is 11.1 Å². The molecule has 2 heterocycles. The molecule has 1 saturated heterocycles. The van der Waals surface area contributed by atoms with Crippen LogP contribution in [-0.4, -0.2) is 33.7 Å². The molecule has 2 rings (SSSR count). The third-order valence-electron chi connectivity index (χ3n) is 3.43. The number of rotatable bonds is 2. The van der Waals surface area contributed by atoms with Crippen molar-refractivity contribution in [1.82, 2.24) is 14.7 Å². The van der Waals surface area contributed by atoms with E-state index in [9.17, 15) is 0 Å². The number of aliphatic imine (C=N–C) groups is 1. The Balaban J connectivity index is 0.00000180. The van der Waals surface area contributed by atoms with E-state index in [-0.39, 0.29) is 24.0 Å². The highest BCUT2D eigenvalue weighted by atomic mass is 127. The van der Waals surface area contributed by atoms with Crippen molar-refractivity contribution >= 4 is 29.9 Å². The molecule has 1 fully saturated rings. The van der Waals surface area contributed by atoms with E-state index >= 15 is 0 Å². The summed E-state index contributed by atoms with van der Waals surface area (Å²) in [6, 6.07) is 2.05. The first-order valence-corrected chi connectivity index (χ1v) is 6.71. The SMILES string of the molecule is Cc1cc(CN=C(N)N2CCCCCC2)n(C)n1.I. The Kier molecular flexibility index (Phi) is 6.60. The van der Waals surface area contributed by atoms with E-state index in [2.05, 4.69) is 21.1 Å². The molecular weight excluding hydrogens is 353 g/mol. The van der Waals surface area contributed by atoms with Crippen LogP contribution in [0.4, 0.5) is 0 Å². The molecule has 0 atom stereocenters. The van der Waals surface area contributed by atoms with Gasteiger partial charge in [-0.05, 0) is 25.8 Å². The Morgan fingerprint density at radius 2 is 1.95 bits per heavy atom. The second-order valence-corrected chi connectivity index (χ2v) is 4.98. The number of halogens is 1. The Morgan fingerprint density at radius 1 is 1.32 bits per heavy atom. The van der Waals surface area contributed by atoms with Crippen LogP contribution in [0.3, 0.4) is 0 Å². The van der Waals surface area contributed by atoms with Gasteiger partial charge in [-0.3, -0.25) is 4.68 Å². The zero-order valence-corrected chi connectivity index (χ0v) is 14.1. The minimum Gasteiger partial charge on any atom is -0.370 e. The summed E-state index contributed by atoms with van der Waals surface area (Å²) in [7, 11) is 1.94. The summed E-state index contributed by atoms with van der Waals surface area (Å²) < 4.78 is 1.87. The van der Waals surface area contributed by atoms with Crippen molar-refractivity contribution in [2.45, 2.75) is 39.2 Å². The fourth-order valence-electron chi connectivity index (χ4n) is 2.37. The summed E-state index contributed by atoms with van der Waals surface area (Å²) >= 11 is 0. The van der Waals surface area contributed by atoms with Gasteiger partial charge in [-0.1, -0.05) is 12.8 Å². The lowest BCUT2D eigenvalue weighted by Gasteiger charge is -2.21. The van der Waals surface area contributed by atoms with Crippen molar-refractivity contribution in [2.24, 2.45) is 17.8 Å². The van der Waals surface area contributed by atoms with Crippen LogP contribution < -0.4 is 5.73 Å². The lowest BCUT2D eigenvalue weighted by atomic mass is 10.2. The van der Waals surface area contributed by atoms with Gasteiger partial charge >= 0.3 is 0 Å². The standard InChI is InChI=1S/C13H23N5.HI/c1-11-9-12(17(2)16-11)10-15-13(14)18-7-5-3-4-6-8-18;/h9H,3-8,10H2,1-2H3,(H2,14,15);1H. The van der Waals surface area contributed by atoms with Gasteiger partial charge in [-0.2, -0.15) is 5.10 Å². The molecule has 1 aromatic heterocycles. The van der Waals surface area contributed by atoms with Gasteiger partial charge in [0, 0.05) is 20.1 Å². The van der Waals surface area contributed by atoms with Gasteiger partial charge in [-0.15, -0.1) is 24.0 Å². The third-order valence-corrected chi connectivity index (χ3v) is 3.43. The molecule has 0 aliphatic carbocycles. The average molecular weight is 377 g/mol. The largest absolute Gasteiger partial charge is 0.370 e. The van der Waals surface area contributed by atoms with Crippen LogP contribution >= 0.6 is 24.0 Å². The van der Waals surface area contributed by atoms with Gasteiger partial charge < -0.3 is 10.6 Å². The molecule has 0 bridgehead atoms. The van der Waals surface area contributed by atoms with E-state index in [0.29, 0.717) is 12.5 Å². The smallest absolute Gasteiger partial charge is 0.191 e. The van der Waals surface area contributed by atoms with Gasteiger partial charge in [0.25, 0.3) is 0 Å². The first-order chi connectivity index (χ1) is 8.66. The molecule has 0 unspecified atom stereocenters. The molecule has 0 spiro atoms. The fraction of sp³-hybridized carbons (Fsp3) is 0.692. The van der Waals surface area contributed by atoms with Gasteiger partial charge in [0.05, 0.1) is 17.9 Å². The van der Waals surface area contributed by atoms with Crippen LogP contribution in [0.5, 0.6) is 0 Å². The molecule has 0 amide bonds. The quantitative estimate of drug-likeness (QED) is 0.488. The summed E-state index contributed by atoms with van der Waals surface area (Å²) in [5.74, 6) is 0.677. The highest BCUT2D eigenvalue weighted by Crippen LogP contribution is 2.10. The Bertz CT molecular complexity index is 419. The summed E-state index contributed by atoms with van der Waals surface area (Å²) in [6.45, 7) is 4.69. The summed E-state index contributed by atoms with van der Waals surface area (Å²) in [5.41, 5.74) is 8.20. The van der Waals surface area contributed by atoms with Crippen LogP contribution in [0, 0.1) is 6.92 Å². The molecule has 1 aliphatic heterocycles. The number of hydrogen-bond donors (Lipinski definition) is 1. The van der Waals surface area contributed by atoms with Crippen LogP contribution in [-0.2, 0) is 13.6 Å². The maximum Gasteiger partial charge on any atom is 0.191 e. The Labute approximate surface area is 132 Å². The molecule has 108 valence electrons. The number of aromatic nitrogens is 2. The van der Waals surface area contributed by atoms with E-state index < -0.39 is 0 Å². The molecule has 1 aromatic rings. The van der Waals surface area contributed by atoms with Crippen LogP contribution in [0.1, 0.15) is 37.1 Å². The number of hydrogen-bond acceptors (Lipinski definition) is 2. The Morgan fingerprint density at radius 3 is 2.47 bits per heavy atom. The summed E-state index contributed by atoms with van der Waals surface area (Å²) in [6.07, 6.45) is 5.07. The van der Waals surface area contributed by atoms with Gasteiger partial charge in [0.15, 0.2) is 5.96 Å². The fourth-order valence-corrected chi connectivity index (χ4v) is 2.37. The number of aryl methyl sites for hydroxylation is 2. The number of nitrogens with zero attached hydrogens (tertiary/aromatic N) is 4. The lowest BCUT2D eigenvalue weighted by Crippen LogP contribution is -2.38. The average Bonchev–Trinajstić information content (AvgIpc) is 2.59. The maximum absolute atomic E-state index is 6.07. The third kappa shape index (κ3) is 4.67. The number of guanidine groups is 1. The molecule has 19 heavy (non-hydrogen) atoms. The predicted octanol–water partition coefficient (Wildman–Crippen LogP) is 2.04. The van der Waals surface area contributed by atoms with Crippen molar-refractivity contribution in [2.75, 3.05) is 13.1 Å². The molecule has 1 aliphatic rings. The number of nitrogens with two attached hydrogens (primary N) is 1. The first kappa shape index (κ1) is 16.3. The minimum atomic E-state index is 0. The van der Waals surface area contributed by atoms with Gasteiger partial charge in [0.1, 0.15) is 0 Å². The molecular formula is C13H24IN5. The topological polar surface area (TPSA) is 59.4 Å². The highest BCUT2D eigenvalue weighted by molar-refractivity contribution is 14.0. The molecule has 6 heteroatoms. The Hall–Kier alpha value is -0.790. The molecule has 0 saturated carbocycles. The molecule has 2 N–H and O–H groups in total. The zero-order chi connectivity index (χ0) is 13.0. The second kappa shape index (κ2) is 7.72. The van der Waals surface area contributed by atoms with Crippen LogP contribution in [0.25, 0.3) is 0 Å². The van der Waals surface area contributed by atoms with Gasteiger partial charge in [0.2, 0.25) is 0 Å². The van der Waals surface area contributed by atoms with E-state index in [1.54, 1.807) is 0 Å². The maximum atomic E-state index is 6.07. The predicted molar refractivity (Wildman–Crippen MR) is 88.7 cm³/mol. The van der Waals surface area contributed by atoms with E-state index in [1.807, 2.05) is 18.7 Å². The zero-order valence-electron chi connectivity index (χ0n) is 11.8. The van der Waals surface area contributed by atoms with Gasteiger partial charge in [-0.25, -0.2) is 4.99 Å². The van der Waals surface area contributed by atoms with E-state index in [4.69, 9.17) is 5.73 Å². The van der Waals surface area contributed by atoms with E-state index in [0.717, 1.165) is 24.5 Å². The minimum absolute atomic E-state index is 0. The van der Waals surface area contributed by atoms with Crippen molar-refractivity contribution in [3.63, 3.8) is 0 Å². The first-order valence-electron chi connectivity index (χ1n) is 6.71. The molecule has 0 radical (unpaired) electrons. The van der Waals surface area contributed by atoms with Crippen molar-refractivity contribution < 1.29 is 0 Å². The number of likely N-dealkylation sites (tertiary alicyclic amines) is 1. The normalized spacial score (nSPS) is 16.9. The van der Waals surface area contributed by atoms with E-state index in [1.165, 1.54) is 25.7 Å². The lowest BCUT2D eigenvalue weighted by molar-refractivity contribution is 0.428. The highest BCUT2D eigenvalue weighted by Gasteiger charge is 2.11. The van der Waals surface area contributed by atoms with Crippen molar-refractivity contribution in [3.8, 4) is 0 Å². The summed E-state index contributed by atoms with van der Waals surface area (Å²) in [5, 5.41) is 4.31.